The number of piperidine rings is 1. The summed E-state index contributed by atoms with van der Waals surface area (Å²) in [6.45, 7) is 5.40. The number of oxime groups is 1. The van der Waals surface area contributed by atoms with Crippen molar-refractivity contribution in [3.63, 3.8) is 0 Å². The molecule has 0 radical (unpaired) electrons. The van der Waals surface area contributed by atoms with Crippen molar-refractivity contribution in [3.8, 4) is 0 Å². The second-order valence-corrected chi connectivity index (χ2v) is 13.2. The Morgan fingerprint density at radius 3 is 2.40 bits per heavy atom. The maximum Gasteiger partial charge on any atom is 0.335 e. The fourth-order valence-corrected chi connectivity index (χ4v) is 6.95. The number of fused-ring (bicyclic) bond motifs is 1. The van der Waals surface area contributed by atoms with Crippen LogP contribution in [0.25, 0.3) is 0 Å². The molecule has 6 rings (SSSR count). The second kappa shape index (κ2) is 13.0. The van der Waals surface area contributed by atoms with Crippen molar-refractivity contribution in [3.05, 3.63) is 93.8 Å². The molecule has 0 bridgehead atoms. The van der Waals surface area contributed by atoms with Crippen LogP contribution in [0.4, 0.5) is 15.8 Å². The Bertz CT molecular complexity index is 1730. The molecule has 0 spiro atoms. The number of halogens is 2. The van der Waals surface area contributed by atoms with E-state index < -0.39 is 41.3 Å². The molecular weight excluding hydrogens is 627 g/mol. The number of carboxylic acids is 1. The van der Waals surface area contributed by atoms with Gasteiger partial charge in [-0.3, -0.25) is 9.59 Å². The summed E-state index contributed by atoms with van der Waals surface area (Å²) in [6, 6.07) is 15.0. The molecule has 2 atom stereocenters. The van der Waals surface area contributed by atoms with Gasteiger partial charge in [-0.2, -0.15) is 0 Å². The van der Waals surface area contributed by atoms with Crippen LogP contribution in [0.5, 0.6) is 0 Å². The van der Waals surface area contributed by atoms with E-state index in [9.17, 15) is 29.0 Å². The number of hydrogen-bond donors (Lipinski definition) is 3. The maximum absolute atomic E-state index is 14.8. The molecule has 0 aliphatic carbocycles. The van der Waals surface area contributed by atoms with E-state index in [1.807, 2.05) is 32.0 Å². The van der Waals surface area contributed by atoms with Gasteiger partial charge < -0.3 is 30.2 Å². The number of carbonyl (C=O) groups is 3. The van der Waals surface area contributed by atoms with Crippen LogP contribution < -0.4 is 10.2 Å². The molecule has 47 heavy (non-hydrogen) atoms. The largest absolute Gasteiger partial charge is 0.478 e. The highest BCUT2D eigenvalue weighted by atomic mass is 35.5. The first-order chi connectivity index (χ1) is 22.4. The van der Waals surface area contributed by atoms with Crippen molar-refractivity contribution in [1.29, 1.82) is 0 Å². The van der Waals surface area contributed by atoms with Gasteiger partial charge in [0, 0.05) is 43.0 Å². The topological polar surface area (TPSA) is 132 Å². The Morgan fingerprint density at radius 2 is 1.72 bits per heavy atom. The van der Waals surface area contributed by atoms with Gasteiger partial charge in [-0.1, -0.05) is 35.0 Å². The average molecular weight is 663 g/mol. The van der Waals surface area contributed by atoms with Gasteiger partial charge >= 0.3 is 5.97 Å². The van der Waals surface area contributed by atoms with Crippen molar-refractivity contribution in [2.45, 2.75) is 57.3 Å². The summed E-state index contributed by atoms with van der Waals surface area (Å²) in [7, 11) is 0. The Labute approximate surface area is 276 Å². The summed E-state index contributed by atoms with van der Waals surface area (Å²) in [5, 5.41) is 26.6. The van der Waals surface area contributed by atoms with E-state index in [0.717, 1.165) is 37.2 Å². The lowest BCUT2D eigenvalue weighted by Gasteiger charge is -2.42. The molecule has 2 unspecified atom stereocenters. The summed E-state index contributed by atoms with van der Waals surface area (Å²) >= 11 is 5.97. The van der Waals surface area contributed by atoms with Crippen molar-refractivity contribution in [2.24, 2.45) is 11.1 Å². The van der Waals surface area contributed by atoms with Crippen molar-refractivity contribution >= 4 is 46.5 Å². The number of hydrogen-bond acceptors (Lipinski definition) is 7. The molecule has 246 valence electrons. The minimum Gasteiger partial charge on any atom is -0.478 e. The molecule has 3 heterocycles. The summed E-state index contributed by atoms with van der Waals surface area (Å²) < 4.78 is 14.8. The zero-order chi connectivity index (χ0) is 33.5. The van der Waals surface area contributed by atoms with Crippen molar-refractivity contribution in [2.75, 3.05) is 29.9 Å². The van der Waals surface area contributed by atoms with E-state index >= 15 is 0 Å². The third-order valence-electron chi connectivity index (χ3n) is 9.37. The predicted molar refractivity (Wildman–Crippen MR) is 175 cm³/mol. The molecule has 12 heteroatoms. The van der Waals surface area contributed by atoms with E-state index in [1.54, 1.807) is 6.07 Å². The number of nitrogens with one attached hydrogen (secondary N) is 1. The Hall–Kier alpha value is -4.48. The van der Waals surface area contributed by atoms with Crippen LogP contribution in [-0.2, 0) is 20.8 Å². The number of benzene rings is 3. The van der Waals surface area contributed by atoms with Crippen LogP contribution in [0.1, 0.15) is 66.2 Å². The molecule has 3 aromatic rings. The SMILES string of the molecule is CC(C)(O)C1CCN(c2cccc3c2CCN(C(=O)C2CC(c4cccc(Cl)c4F)=NO2)C3C(=O)Nc2ccc(C(=O)O)cc2)CC1. The second-order valence-electron chi connectivity index (χ2n) is 12.8. The number of carbonyl (C=O) groups excluding carboxylic acids is 2. The van der Waals surface area contributed by atoms with Gasteiger partial charge in [-0.25, -0.2) is 9.18 Å². The molecule has 10 nitrogen and oxygen atoms in total. The molecule has 3 aliphatic rings. The first-order valence-corrected chi connectivity index (χ1v) is 16.0. The quantitative estimate of drug-likeness (QED) is 0.308. The number of anilines is 2. The Kier molecular flexibility index (Phi) is 8.95. The summed E-state index contributed by atoms with van der Waals surface area (Å²) in [5.41, 5.74) is 2.71. The van der Waals surface area contributed by atoms with Gasteiger partial charge in [0.2, 0.25) is 6.10 Å². The minimum atomic E-state index is -1.09. The first-order valence-electron chi connectivity index (χ1n) is 15.6. The lowest BCUT2D eigenvalue weighted by atomic mass is 9.82. The fourth-order valence-electron chi connectivity index (χ4n) is 6.78. The van der Waals surface area contributed by atoms with Gasteiger partial charge in [0.15, 0.2) is 5.82 Å². The molecule has 2 amide bonds. The number of rotatable bonds is 7. The Balaban J connectivity index is 1.29. The number of aromatic carboxylic acids is 1. The number of carboxylic acid groups (broad SMARTS) is 1. The minimum absolute atomic E-state index is 0.000627. The van der Waals surface area contributed by atoms with Crippen LogP contribution in [0.15, 0.2) is 65.8 Å². The fraction of sp³-hybridized carbons (Fsp3) is 0.371. The lowest BCUT2D eigenvalue weighted by molar-refractivity contribution is -0.148. The van der Waals surface area contributed by atoms with Crippen LogP contribution in [0.3, 0.4) is 0 Å². The number of amides is 2. The van der Waals surface area contributed by atoms with E-state index in [4.69, 9.17) is 16.4 Å². The zero-order valence-electron chi connectivity index (χ0n) is 26.1. The summed E-state index contributed by atoms with van der Waals surface area (Å²) in [4.78, 5) is 48.8. The predicted octanol–water partition coefficient (Wildman–Crippen LogP) is 5.42. The van der Waals surface area contributed by atoms with Gasteiger partial charge in [-0.15, -0.1) is 0 Å². The molecule has 3 N–H and O–H groups in total. The molecule has 3 aromatic carbocycles. The highest BCUT2D eigenvalue weighted by Gasteiger charge is 2.43. The van der Waals surface area contributed by atoms with Gasteiger partial charge in [0.25, 0.3) is 11.8 Å². The lowest BCUT2D eigenvalue weighted by Crippen LogP contribution is -2.49. The third kappa shape index (κ3) is 6.55. The van der Waals surface area contributed by atoms with Crippen LogP contribution >= 0.6 is 11.6 Å². The molecule has 0 aromatic heterocycles. The molecule has 1 saturated heterocycles. The molecular formula is C35H36ClFN4O6. The normalized spacial score (nSPS) is 19.9. The number of aliphatic hydroxyl groups is 1. The zero-order valence-corrected chi connectivity index (χ0v) is 26.8. The highest BCUT2D eigenvalue weighted by molar-refractivity contribution is 6.31. The third-order valence-corrected chi connectivity index (χ3v) is 9.66. The van der Waals surface area contributed by atoms with Crippen molar-refractivity contribution in [1.82, 2.24) is 4.90 Å². The van der Waals surface area contributed by atoms with Crippen LogP contribution in [0, 0.1) is 11.7 Å². The average Bonchev–Trinajstić information content (AvgIpc) is 3.55. The summed E-state index contributed by atoms with van der Waals surface area (Å²) in [5.74, 6) is -2.50. The van der Waals surface area contributed by atoms with E-state index in [-0.39, 0.29) is 40.7 Å². The molecule has 3 aliphatic heterocycles. The van der Waals surface area contributed by atoms with E-state index in [1.165, 1.54) is 41.3 Å². The maximum atomic E-state index is 14.8. The van der Waals surface area contributed by atoms with Crippen molar-refractivity contribution < 1.29 is 33.8 Å². The van der Waals surface area contributed by atoms with Crippen LogP contribution in [0.2, 0.25) is 5.02 Å². The van der Waals surface area contributed by atoms with Crippen LogP contribution in [-0.4, -0.2) is 69.9 Å². The Morgan fingerprint density at radius 1 is 1.02 bits per heavy atom. The van der Waals surface area contributed by atoms with Gasteiger partial charge in [0.05, 0.1) is 21.9 Å². The smallest absolute Gasteiger partial charge is 0.335 e. The molecule has 1 fully saturated rings. The molecule has 0 saturated carbocycles. The monoisotopic (exact) mass is 662 g/mol. The van der Waals surface area contributed by atoms with E-state index in [0.29, 0.717) is 17.7 Å². The highest BCUT2D eigenvalue weighted by Crippen LogP contribution is 2.39. The van der Waals surface area contributed by atoms with Gasteiger partial charge in [0.1, 0.15) is 6.04 Å². The van der Waals surface area contributed by atoms with E-state index in [2.05, 4.69) is 15.4 Å². The van der Waals surface area contributed by atoms with Gasteiger partial charge in [-0.05, 0) is 92.6 Å². The standard InChI is InChI=1S/C35H36ClFN4O6/c1-35(2,46)21-13-16-40(17-14-21)28-8-4-5-24-23(28)15-18-41(31(24)32(42)38-22-11-9-20(10-12-22)34(44)45)33(43)29-19-27(39-47-29)25-6-3-7-26(36)30(25)37/h3-12,21,29,31,46H,13-19H2,1-2H3,(H,38,42)(H,44,45). The first kappa shape index (κ1) is 32.5. The number of nitrogens with zero attached hydrogens (tertiary/aromatic N) is 3. The summed E-state index contributed by atoms with van der Waals surface area (Å²) in [6.07, 6.45) is 1.06.